The predicted octanol–water partition coefficient (Wildman–Crippen LogP) is 1.81. The Labute approximate surface area is 180 Å². The van der Waals surface area contributed by atoms with Crippen LogP contribution in [0.15, 0.2) is 18.2 Å². The third kappa shape index (κ3) is 4.48. The number of urea groups is 1. The monoisotopic (exact) mass is 428 g/mol. The van der Waals surface area contributed by atoms with Crippen molar-refractivity contribution in [3.8, 4) is 0 Å². The van der Waals surface area contributed by atoms with Crippen molar-refractivity contribution in [1.29, 1.82) is 0 Å². The van der Waals surface area contributed by atoms with Gasteiger partial charge in [0.05, 0.1) is 5.52 Å². The maximum absolute atomic E-state index is 13.3. The Morgan fingerprint density at radius 1 is 1.10 bits per heavy atom. The lowest BCUT2D eigenvalue weighted by atomic mass is 10.0. The summed E-state index contributed by atoms with van der Waals surface area (Å²) in [5, 5.41) is 17.9. The first-order valence-corrected chi connectivity index (χ1v) is 10.8. The molecular weight excluding hydrogens is 400 g/mol. The maximum atomic E-state index is 13.3. The first-order valence-electron chi connectivity index (χ1n) is 10.8. The molecule has 1 aromatic carbocycles. The summed E-state index contributed by atoms with van der Waals surface area (Å²) in [6.45, 7) is 5.18. The van der Waals surface area contributed by atoms with Crippen molar-refractivity contribution in [1.82, 2.24) is 24.9 Å². The SMILES string of the molecule is O=C(Nc1ccc2[nH]nc(C(=O)N3CCN4CCC3CC4)c2c1)N1CCCC1.O=CO. The second kappa shape index (κ2) is 9.34. The molecule has 3 N–H and O–H groups in total. The van der Waals surface area contributed by atoms with Crippen molar-refractivity contribution in [3.05, 3.63) is 23.9 Å². The Morgan fingerprint density at radius 2 is 1.81 bits per heavy atom. The zero-order valence-electron chi connectivity index (χ0n) is 17.4. The van der Waals surface area contributed by atoms with Gasteiger partial charge in [0.15, 0.2) is 5.69 Å². The van der Waals surface area contributed by atoms with Crippen LogP contribution in [-0.4, -0.2) is 93.7 Å². The molecule has 10 nitrogen and oxygen atoms in total. The van der Waals surface area contributed by atoms with E-state index in [1.807, 2.05) is 28.0 Å². The summed E-state index contributed by atoms with van der Waals surface area (Å²) in [4.78, 5) is 40.3. The van der Waals surface area contributed by atoms with Gasteiger partial charge < -0.3 is 25.1 Å². The second-order valence-corrected chi connectivity index (χ2v) is 8.13. The zero-order chi connectivity index (χ0) is 21.8. The average Bonchev–Trinajstić information content (AvgIpc) is 3.37. The summed E-state index contributed by atoms with van der Waals surface area (Å²) in [6.07, 6.45) is 4.18. The number of aromatic amines is 1. The van der Waals surface area contributed by atoms with Gasteiger partial charge in [-0.05, 0) is 43.9 Å². The van der Waals surface area contributed by atoms with Gasteiger partial charge >= 0.3 is 6.03 Å². The van der Waals surface area contributed by atoms with Gasteiger partial charge in [0, 0.05) is 56.4 Å². The van der Waals surface area contributed by atoms with E-state index in [0.29, 0.717) is 17.4 Å². The van der Waals surface area contributed by atoms with Gasteiger partial charge in [-0.3, -0.25) is 14.7 Å². The first-order chi connectivity index (χ1) is 15.1. The lowest BCUT2D eigenvalue weighted by Crippen LogP contribution is -2.41. The van der Waals surface area contributed by atoms with Gasteiger partial charge in [-0.15, -0.1) is 0 Å². The minimum absolute atomic E-state index is 0.0111. The highest BCUT2D eigenvalue weighted by Crippen LogP contribution is 2.26. The number of fused-ring (bicyclic) bond motifs is 5. The van der Waals surface area contributed by atoms with Crippen LogP contribution in [-0.2, 0) is 4.79 Å². The number of carbonyl (C=O) groups is 3. The summed E-state index contributed by atoms with van der Waals surface area (Å²) < 4.78 is 0. The molecule has 0 aliphatic carbocycles. The third-order valence-corrected chi connectivity index (χ3v) is 6.33. The van der Waals surface area contributed by atoms with E-state index in [-0.39, 0.29) is 18.4 Å². The van der Waals surface area contributed by atoms with E-state index < -0.39 is 0 Å². The molecule has 4 fully saturated rings. The number of amides is 3. The van der Waals surface area contributed by atoms with Gasteiger partial charge in [-0.2, -0.15) is 5.10 Å². The Hall–Kier alpha value is -3.14. The molecule has 0 unspecified atom stereocenters. The number of hydrogen-bond acceptors (Lipinski definition) is 5. The summed E-state index contributed by atoms with van der Waals surface area (Å²) in [6, 6.07) is 5.81. The van der Waals surface area contributed by atoms with E-state index in [9.17, 15) is 9.59 Å². The van der Waals surface area contributed by atoms with Gasteiger partial charge in [0.1, 0.15) is 0 Å². The maximum Gasteiger partial charge on any atom is 0.321 e. The van der Waals surface area contributed by atoms with Crippen molar-refractivity contribution in [2.75, 3.05) is 44.6 Å². The molecule has 31 heavy (non-hydrogen) atoms. The number of likely N-dealkylation sites (tertiary alicyclic amines) is 1. The largest absolute Gasteiger partial charge is 0.483 e. The summed E-state index contributed by atoms with van der Waals surface area (Å²) in [5.74, 6) is -0.0111. The minimum atomic E-state index is -0.250. The summed E-state index contributed by atoms with van der Waals surface area (Å²) >= 11 is 0. The smallest absolute Gasteiger partial charge is 0.321 e. The number of nitrogens with zero attached hydrogens (tertiary/aromatic N) is 4. The Kier molecular flexibility index (Phi) is 6.36. The molecule has 3 amide bonds. The van der Waals surface area contributed by atoms with Crippen LogP contribution < -0.4 is 5.32 Å². The van der Waals surface area contributed by atoms with Gasteiger partial charge in [-0.1, -0.05) is 0 Å². The molecule has 166 valence electrons. The molecule has 0 spiro atoms. The number of carboxylic acid groups (broad SMARTS) is 1. The molecule has 4 saturated heterocycles. The predicted molar refractivity (Wildman–Crippen MR) is 115 cm³/mol. The van der Waals surface area contributed by atoms with Crippen molar-refractivity contribution in [3.63, 3.8) is 0 Å². The number of hydrogen-bond donors (Lipinski definition) is 3. The Morgan fingerprint density at radius 3 is 2.52 bits per heavy atom. The number of rotatable bonds is 2. The van der Waals surface area contributed by atoms with Crippen molar-refractivity contribution in [2.45, 2.75) is 31.7 Å². The van der Waals surface area contributed by atoms with Crippen molar-refractivity contribution < 1.29 is 19.5 Å². The molecule has 2 aromatic rings. The van der Waals surface area contributed by atoms with E-state index >= 15 is 0 Å². The molecular formula is C21H28N6O4. The number of piperidine rings is 1. The van der Waals surface area contributed by atoms with Crippen LogP contribution in [0.2, 0.25) is 0 Å². The van der Waals surface area contributed by atoms with Crippen molar-refractivity contribution >= 4 is 35.0 Å². The molecule has 10 heteroatoms. The topological polar surface area (TPSA) is 122 Å². The number of carbonyl (C=O) groups excluding carboxylic acids is 2. The first kappa shape index (κ1) is 21.1. The van der Waals surface area contributed by atoms with Gasteiger partial charge in [0.2, 0.25) is 0 Å². The molecule has 0 atom stereocenters. The highest BCUT2D eigenvalue weighted by atomic mass is 16.3. The van der Waals surface area contributed by atoms with Crippen LogP contribution in [0.4, 0.5) is 10.5 Å². The summed E-state index contributed by atoms with van der Waals surface area (Å²) in [7, 11) is 0. The molecule has 1 aromatic heterocycles. The number of anilines is 1. The second-order valence-electron chi connectivity index (χ2n) is 8.13. The molecule has 4 aliphatic rings. The molecule has 0 saturated carbocycles. The average molecular weight is 428 g/mol. The normalized spacial score (nSPS) is 22.6. The highest BCUT2D eigenvalue weighted by Gasteiger charge is 2.33. The molecule has 2 bridgehead atoms. The number of nitrogens with one attached hydrogen (secondary N) is 2. The highest BCUT2D eigenvalue weighted by molar-refractivity contribution is 6.06. The molecule has 0 radical (unpaired) electrons. The lowest BCUT2D eigenvalue weighted by Gasteiger charge is -2.31. The van der Waals surface area contributed by atoms with Crippen LogP contribution in [0.3, 0.4) is 0 Å². The van der Waals surface area contributed by atoms with Crippen LogP contribution >= 0.6 is 0 Å². The standard InChI is InChI=1S/C20H26N6O2.CH2O2/c27-19(26-12-11-24-9-5-15(26)6-10-24)18-16-13-14(3-4-17(16)22-23-18)21-20(28)25-7-1-2-8-25;2-1-3/h3-4,13,15H,1-2,5-12H2,(H,21,28)(H,22,23);1H,(H,2,3). The number of H-pyrrole nitrogens is 1. The zero-order valence-corrected chi connectivity index (χ0v) is 17.4. The van der Waals surface area contributed by atoms with Gasteiger partial charge in [0.25, 0.3) is 12.4 Å². The van der Waals surface area contributed by atoms with E-state index in [1.54, 1.807) is 0 Å². The molecule has 4 aliphatic heterocycles. The van der Waals surface area contributed by atoms with Crippen molar-refractivity contribution in [2.24, 2.45) is 0 Å². The minimum Gasteiger partial charge on any atom is -0.483 e. The van der Waals surface area contributed by atoms with E-state index in [0.717, 1.165) is 75.9 Å². The number of benzene rings is 1. The van der Waals surface area contributed by atoms with Crippen LogP contribution in [0.25, 0.3) is 10.9 Å². The molecule has 6 rings (SSSR count). The third-order valence-electron chi connectivity index (χ3n) is 6.33. The fourth-order valence-electron chi connectivity index (χ4n) is 4.67. The fourth-order valence-corrected chi connectivity index (χ4v) is 4.67. The fraction of sp³-hybridized carbons (Fsp3) is 0.524. The van der Waals surface area contributed by atoms with Crippen LogP contribution in [0.1, 0.15) is 36.2 Å². The van der Waals surface area contributed by atoms with Crippen LogP contribution in [0.5, 0.6) is 0 Å². The number of aromatic nitrogens is 2. The summed E-state index contributed by atoms with van der Waals surface area (Å²) in [5.41, 5.74) is 1.96. The van der Waals surface area contributed by atoms with E-state index in [4.69, 9.17) is 9.90 Å². The molecule has 5 heterocycles. The Bertz CT molecular complexity index is 946. The van der Waals surface area contributed by atoms with Gasteiger partial charge in [-0.25, -0.2) is 4.79 Å². The van der Waals surface area contributed by atoms with Crippen LogP contribution in [0, 0.1) is 0 Å². The van der Waals surface area contributed by atoms with E-state index in [2.05, 4.69) is 20.4 Å². The quantitative estimate of drug-likeness (QED) is 0.627. The Balaban J connectivity index is 0.000000730. The van der Waals surface area contributed by atoms with E-state index in [1.165, 1.54) is 0 Å². The lowest BCUT2D eigenvalue weighted by molar-refractivity contribution is -0.122.